The average Bonchev–Trinajstić information content (AvgIpc) is 3.01. The summed E-state index contributed by atoms with van der Waals surface area (Å²) in [6.07, 6.45) is 2.31. The molecule has 5 nitrogen and oxygen atoms in total. The van der Waals surface area contributed by atoms with Crippen molar-refractivity contribution < 1.29 is 4.79 Å². The second kappa shape index (κ2) is 6.13. The fourth-order valence-corrected chi connectivity index (χ4v) is 3.17. The summed E-state index contributed by atoms with van der Waals surface area (Å²) < 4.78 is 0. The molecule has 0 unspecified atom stereocenters. The van der Waals surface area contributed by atoms with Crippen molar-refractivity contribution in [1.82, 2.24) is 9.88 Å². The summed E-state index contributed by atoms with van der Waals surface area (Å²) >= 11 is 1.64. The van der Waals surface area contributed by atoms with Gasteiger partial charge in [0, 0.05) is 31.1 Å². The monoisotopic (exact) mass is 302 g/mol. The van der Waals surface area contributed by atoms with Crippen molar-refractivity contribution in [3.63, 3.8) is 0 Å². The molecule has 0 spiro atoms. The Hall–Kier alpha value is -2.08. The number of pyridine rings is 1. The number of thiophene rings is 1. The zero-order chi connectivity index (χ0) is 14.7. The smallest absolute Gasteiger partial charge is 0.227 e. The summed E-state index contributed by atoms with van der Waals surface area (Å²) in [6.45, 7) is 3.19. The van der Waals surface area contributed by atoms with Gasteiger partial charge in [-0.1, -0.05) is 6.07 Å². The lowest BCUT2D eigenvalue weighted by atomic mass is 10.2. The molecule has 3 rings (SSSR count). The number of piperazine rings is 1. The molecule has 110 valence electrons. The van der Waals surface area contributed by atoms with Gasteiger partial charge in [0.05, 0.1) is 18.3 Å². The minimum absolute atomic E-state index is 0.215. The molecule has 2 aromatic heterocycles. The Labute approximate surface area is 128 Å². The Balaban J connectivity index is 1.55. The van der Waals surface area contributed by atoms with Gasteiger partial charge in [0.25, 0.3) is 0 Å². The standard InChI is InChI=1S/C15H18N4OS/c16-14-4-3-12(11-17-14)18-5-7-19(8-6-18)15(20)10-13-2-1-9-21-13/h1-4,9,11H,5-8,10H2,(H2,16,17). The van der Waals surface area contributed by atoms with Crippen LogP contribution in [0, 0.1) is 0 Å². The predicted molar refractivity (Wildman–Crippen MR) is 85.5 cm³/mol. The van der Waals surface area contributed by atoms with Crippen molar-refractivity contribution in [2.45, 2.75) is 6.42 Å². The van der Waals surface area contributed by atoms with Crippen molar-refractivity contribution in [3.8, 4) is 0 Å². The van der Waals surface area contributed by atoms with Crippen LogP contribution in [0.4, 0.5) is 11.5 Å². The number of amides is 1. The highest BCUT2D eigenvalue weighted by Gasteiger charge is 2.21. The normalized spacial score (nSPS) is 15.2. The van der Waals surface area contributed by atoms with Gasteiger partial charge in [-0.3, -0.25) is 4.79 Å². The Morgan fingerprint density at radius 2 is 2.05 bits per heavy atom. The number of carbonyl (C=O) groups excluding carboxylic acids is 1. The maximum absolute atomic E-state index is 12.2. The zero-order valence-electron chi connectivity index (χ0n) is 11.7. The quantitative estimate of drug-likeness (QED) is 0.936. The third kappa shape index (κ3) is 3.33. The summed E-state index contributed by atoms with van der Waals surface area (Å²) in [4.78, 5) is 21.7. The molecule has 1 fully saturated rings. The molecule has 0 atom stereocenters. The Morgan fingerprint density at radius 1 is 1.24 bits per heavy atom. The summed E-state index contributed by atoms with van der Waals surface area (Å²) in [7, 11) is 0. The fourth-order valence-electron chi connectivity index (χ4n) is 2.47. The summed E-state index contributed by atoms with van der Waals surface area (Å²) in [5.74, 6) is 0.746. The lowest BCUT2D eigenvalue weighted by molar-refractivity contribution is -0.130. The van der Waals surface area contributed by atoms with Gasteiger partial charge in [-0.2, -0.15) is 0 Å². The number of aromatic nitrogens is 1. The van der Waals surface area contributed by atoms with E-state index in [1.54, 1.807) is 17.5 Å². The van der Waals surface area contributed by atoms with E-state index in [0.717, 1.165) is 36.7 Å². The van der Waals surface area contributed by atoms with Crippen LogP contribution in [0.15, 0.2) is 35.8 Å². The maximum atomic E-state index is 12.2. The highest BCUT2D eigenvalue weighted by molar-refractivity contribution is 7.10. The Morgan fingerprint density at radius 3 is 2.67 bits per heavy atom. The fraction of sp³-hybridized carbons (Fsp3) is 0.333. The van der Waals surface area contributed by atoms with Gasteiger partial charge < -0.3 is 15.5 Å². The third-order valence-electron chi connectivity index (χ3n) is 3.67. The molecule has 1 aliphatic rings. The number of nitrogens with zero attached hydrogens (tertiary/aromatic N) is 3. The third-order valence-corrected chi connectivity index (χ3v) is 4.55. The minimum atomic E-state index is 0.215. The first-order valence-corrected chi connectivity index (χ1v) is 7.87. The molecule has 0 radical (unpaired) electrons. The molecular formula is C15H18N4OS. The molecule has 0 bridgehead atoms. The van der Waals surface area contributed by atoms with Gasteiger partial charge in [-0.25, -0.2) is 4.98 Å². The molecule has 1 saturated heterocycles. The van der Waals surface area contributed by atoms with Crippen LogP contribution in [0.5, 0.6) is 0 Å². The van der Waals surface area contributed by atoms with Crippen molar-refractivity contribution >= 4 is 28.7 Å². The van der Waals surface area contributed by atoms with E-state index >= 15 is 0 Å². The van der Waals surface area contributed by atoms with Crippen LogP contribution < -0.4 is 10.6 Å². The summed E-state index contributed by atoms with van der Waals surface area (Å²) in [5, 5.41) is 2.01. The van der Waals surface area contributed by atoms with Gasteiger partial charge >= 0.3 is 0 Å². The topological polar surface area (TPSA) is 62.5 Å². The Kier molecular flexibility index (Phi) is 4.06. The van der Waals surface area contributed by atoms with Gasteiger partial charge in [-0.05, 0) is 23.6 Å². The van der Waals surface area contributed by atoms with Crippen molar-refractivity contribution in [3.05, 3.63) is 40.7 Å². The van der Waals surface area contributed by atoms with E-state index in [1.807, 2.05) is 34.5 Å². The van der Waals surface area contributed by atoms with E-state index in [2.05, 4.69) is 9.88 Å². The van der Waals surface area contributed by atoms with Gasteiger partial charge in [0.1, 0.15) is 5.82 Å². The second-order valence-electron chi connectivity index (χ2n) is 5.07. The summed E-state index contributed by atoms with van der Waals surface area (Å²) in [5.41, 5.74) is 6.67. The van der Waals surface area contributed by atoms with Crippen LogP contribution in [-0.2, 0) is 11.2 Å². The number of carbonyl (C=O) groups is 1. The van der Waals surface area contributed by atoms with Gasteiger partial charge in [0.2, 0.25) is 5.91 Å². The molecule has 21 heavy (non-hydrogen) atoms. The van der Waals surface area contributed by atoms with Crippen molar-refractivity contribution in [1.29, 1.82) is 0 Å². The largest absolute Gasteiger partial charge is 0.384 e. The first-order chi connectivity index (χ1) is 10.2. The van der Waals surface area contributed by atoms with E-state index in [4.69, 9.17) is 5.73 Å². The molecular weight excluding hydrogens is 284 g/mol. The lowest BCUT2D eigenvalue weighted by Gasteiger charge is -2.36. The molecule has 2 aromatic rings. The highest BCUT2D eigenvalue weighted by Crippen LogP contribution is 2.17. The van der Waals surface area contributed by atoms with E-state index in [9.17, 15) is 4.79 Å². The minimum Gasteiger partial charge on any atom is -0.384 e. The molecule has 6 heteroatoms. The van der Waals surface area contributed by atoms with E-state index in [-0.39, 0.29) is 5.91 Å². The number of anilines is 2. The highest BCUT2D eigenvalue weighted by atomic mass is 32.1. The van der Waals surface area contributed by atoms with Crippen LogP contribution in [0.2, 0.25) is 0 Å². The van der Waals surface area contributed by atoms with Crippen molar-refractivity contribution in [2.75, 3.05) is 36.8 Å². The van der Waals surface area contributed by atoms with Crippen LogP contribution in [0.1, 0.15) is 4.88 Å². The zero-order valence-corrected chi connectivity index (χ0v) is 12.6. The maximum Gasteiger partial charge on any atom is 0.227 e. The van der Waals surface area contributed by atoms with E-state index in [1.165, 1.54) is 0 Å². The first-order valence-electron chi connectivity index (χ1n) is 6.99. The van der Waals surface area contributed by atoms with E-state index < -0.39 is 0 Å². The number of nitrogen functional groups attached to an aromatic ring is 1. The Bertz CT molecular complexity index is 589. The van der Waals surface area contributed by atoms with Crippen molar-refractivity contribution in [2.24, 2.45) is 0 Å². The van der Waals surface area contributed by atoms with E-state index in [0.29, 0.717) is 12.2 Å². The van der Waals surface area contributed by atoms with Crippen LogP contribution in [0.25, 0.3) is 0 Å². The SMILES string of the molecule is Nc1ccc(N2CCN(C(=O)Cc3cccs3)CC2)cn1. The molecule has 3 heterocycles. The molecule has 0 saturated carbocycles. The lowest BCUT2D eigenvalue weighted by Crippen LogP contribution is -2.49. The average molecular weight is 302 g/mol. The van der Waals surface area contributed by atoms with Crippen LogP contribution in [-0.4, -0.2) is 42.0 Å². The number of hydrogen-bond donors (Lipinski definition) is 1. The first kappa shape index (κ1) is 13.9. The number of hydrogen-bond acceptors (Lipinski definition) is 5. The van der Waals surface area contributed by atoms with Gasteiger partial charge in [-0.15, -0.1) is 11.3 Å². The number of nitrogens with two attached hydrogens (primary N) is 1. The van der Waals surface area contributed by atoms with Crippen LogP contribution in [0.3, 0.4) is 0 Å². The molecule has 2 N–H and O–H groups in total. The molecule has 0 aliphatic carbocycles. The van der Waals surface area contributed by atoms with Crippen LogP contribution >= 0.6 is 11.3 Å². The van der Waals surface area contributed by atoms with Gasteiger partial charge in [0.15, 0.2) is 0 Å². The molecule has 0 aromatic carbocycles. The molecule has 1 aliphatic heterocycles. The molecule has 1 amide bonds. The predicted octanol–water partition coefficient (Wildman–Crippen LogP) is 1.62. The summed E-state index contributed by atoms with van der Waals surface area (Å²) in [6, 6.07) is 7.79. The second-order valence-corrected chi connectivity index (χ2v) is 6.10. The number of rotatable bonds is 3.